The molecule has 1 aliphatic heterocycles. The monoisotopic (exact) mass is 1080 g/mol. The lowest BCUT2D eigenvalue weighted by Crippen LogP contribution is -2.46. The average Bonchev–Trinajstić information content (AvgIpc) is 3.85. The Bertz CT molecular complexity index is 2050. The lowest BCUT2D eigenvalue weighted by molar-refractivity contribution is -0.137. The number of imidazole rings is 1. The number of carbonyl (C=O) groups excluding carboxylic acids is 3. The average molecular weight is 1080 g/mol. The second kappa shape index (κ2) is 31.3. The number of thioether (sulfide) groups is 1. The first-order chi connectivity index (χ1) is 33.1. The maximum Gasteiger partial charge on any atom is 0.481 e. The first kappa shape index (κ1) is 61.8. The number of nitrogen functional groups attached to an aromatic ring is 1. The molecule has 3 rings (SSSR count). The van der Waals surface area contributed by atoms with Crippen molar-refractivity contribution in [3.8, 4) is 0 Å². The van der Waals surface area contributed by atoms with Crippen LogP contribution in [0.1, 0.15) is 142 Å². The van der Waals surface area contributed by atoms with Crippen molar-refractivity contribution in [1.82, 2.24) is 30.2 Å². The number of ether oxygens (including phenoxy) is 1. The van der Waals surface area contributed by atoms with Gasteiger partial charge in [0, 0.05) is 43.7 Å². The van der Waals surface area contributed by atoms with Gasteiger partial charge in [-0.1, -0.05) is 122 Å². The highest BCUT2D eigenvalue weighted by Gasteiger charge is 2.50. The predicted molar refractivity (Wildman–Crippen MR) is 257 cm³/mol. The van der Waals surface area contributed by atoms with Gasteiger partial charge >= 0.3 is 23.5 Å². The zero-order valence-corrected chi connectivity index (χ0v) is 43.5. The molecule has 0 saturated carbocycles. The molecule has 2 unspecified atom stereocenters. The molecule has 0 aliphatic carbocycles. The van der Waals surface area contributed by atoms with E-state index >= 15 is 0 Å². The minimum Gasteiger partial charge on any atom is -0.396 e. The summed E-state index contributed by atoms with van der Waals surface area (Å²) in [5, 5.41) is 35.5. The van der Waals surface area contributed by atoms with Crippen LogP contribution in [-0.2, 0) is 50.7 Å². The molecule has 25 nitrogen and oxygen atoms in total. The summed E-state index contributed by atoms with van der Waals surface area (Å²) in [6.07, 6.45) is 13.9. The van der Waals surface area contributed by atoms with E-state index in [0.717, 1.165) is 61.1 Å². The standard InChI is InChI=1S/C41H74N7O18P3S/c1-41(2,27-63-69(60,61)66-68(58,59)62-26-30-35(65-67(55,56)57)34(52)40(64-30)48-29-47-33-37(42)45-28-46-38(33)48)36(53)39(54)44-22-21-31(50)43-23-25-70-32(51)20-18-16-14-12-10-8-6-4-3-5-7-9-11-13-15-17-19-24-49/h28-30,34-36,40,49,52-53H,3-27H2,1-2H3,(H,43,50)(H,44,54)(H,58,59)(H,60,61)(H2,42,45,46)(H2,55,56,57)/t30-,34-,35-,36+,40-/m1/s1. The van der Waals surface area contributed by atoms with Crippen molar-refractivity contribution >= 4 is 69.1 Å². The molecule has 0 aromatic carbocycles. The highest BCUT2D eigenvalue weighted by molar-refractivity contribution is 8.13. The first-order valence-electron chi connectivity index (χ1n) is 23.7. The number of aliphatic hydroxyl groups is 3. The van der Waals surface area contributed by atoms with Crippen molar-refractivity contribution in [2.24, 2.45) is 5.41 Å². The van der Waals surface area contributed by atoms with Gasteiger partial charge in [-0.05, 0) is 12.8 Å². The third kappa shape index (κ3) is 23.6. The third-order valence-electron chi connectivity index (χ3n) is 11.3. The zero-order chi connectivity index (χ0) is 51.8. The van der Waals surface area contributed by atoms with Crippen molar-refractivity contribution in [3.05, 3.63) is 12.7 Å². The highest BCUT2D eigenvalue weighted by atomic mass is 32.2. The van der Waals surface area contributed by atoms with E-state index in [-0.39, 0.29) is 41.6 Å². The molecule has 2 amide bonds. The zero-order valence-electron chi connectivity index (χ0n) is 40.0. The van der Waals surface area contributed by atoms with Gasteiger partial charge in [0.25, 0.3) is 0 Å². The minimum atomic E-state index is -5.58. The van der Waals surface area contributed by atoms with Crippen LogP contribution in [0.4, 0.5) is 5.82 Å². The van der Waals surface area contributed by atoms with Crippen LogP contribution in [0.5, 0.6) is 0 Å². The van der Waals surface area contributed by atoms with Crippen LogP contribution in [-0.4, -0.2) is 134 Å². The first-order valence-corrected chi connectivity index (χ1v) is 29.2. The summed E-state index contributed by atoms with van der Waals surface area (Å²) >= 11 is 1.15. The summed E-state index contributed by atoms with van der Waals surface area (Å²) < 4.78 is 62.5. The lowest BCUT2D eigenvalue weighted by Gasteiger charge is -2.30. The number of aromatic nitrogens is 4. The molecule has 402 valence electrons. The largest absolute Gasteiger partial charge is 0.481 e. The lowest BCUT2D eigenvalue weighted by atomic mass is 9.87. The molecule has 70 heavy (non-hydrogen) atoms. The Balaban J connectivity index is 1.26. The van der Waals surface area contributed by atoms with Gasteiger partial charge in [-0.3, -0.25) is 32.5 Å². The summed E-state index contributed by atoms with van der Waals surface area (Å²) in [7, 11) is -16.4. The molecular formula is C41H74N7O18P3S. The number of amides is 2. The molecule has 11 N–H and O–H groups in total. The normalized spacial score (nSPS) is 19.7. The molecule has 2 aromatic heterocycles. The molecular weight excluding hydrogens is 1000 g/mol. The second-order valence-electron chi connectivity index (χ2n) is 17.8. The third-order valence-corrected chi connectivity index (χ3v) is 15.3. The summed E-state index contributed by atoms with van der Waals surface area (Å²) in [5.41, 5.74) is 4.28. The summed E-state index contributed by atoms with van der Waals surface area (Å²) in [5.74, 6) is -1.03. The van der Waals surface area contributed by atoms with Crippen molar-refractivity contribution in [3.63, 3.8) is 0 Å². The Morgan fingerprint density at radius 3 is 1.94 bits per heavy atom. The van der Waals surface area contributed by atoms with E-state index in [2.05, 4.69) is 34.4 Å². The van der Waals surface area contributed by atoms with Crippen molar-refractivity contribution in [2.75, 3.05) is 44.4 Å². The second-order valence-corrected chi connectivity index (χ2v) is 23.2. The van der Waals surface area contributed by atoms with E-state index in [1.54, 1.807) is 0 Å². The maximum absolute atomic E-state index is 12.8. The van der Waals surface area contributed by atoms with E-state index in [9.17, 15) is 57.9 Å². The van der Waals surface area contributed by atoms with Crippen LogP contribution >= 0.6 is 35.2 Å². The molecule has 1 fully saturated rings. The van der Waals surface area contributed by atoms with Crippen LogP contribution in [0.15, 0.2) is 12.7 Å². The van der Waals surface area contributed by atoms with Crippen LogP contribution in [0, 0.1) is 5.41 Å². The van der Waals surface area contributed by atoms with Gasteiger partial charge in [0.1, 0.15) is 36.3 Å². The van der Waals surface area contributed by atoms with Crippen molar-refractivity contribution in [1.29, 1.82) is 0 Å². The number of nitrogens with zero attached hydrogens (tertiary/aromatic N) is 4. The van der Waals surface area contributed by atoms with Crippen molar-refractivity contribution in [2.45, 2.75) is 166 Å². The molecule has 1 saturated heterocycles. The number of phosphoric acid groups is 3. The molecule has 3 heterocycles. The van der Waals surface area contributed by atoms with E-state index in [4.69, 9.17) is 24.6 Å². The SMILES string of the molecule is CC(C)(COP(=O)(O)OP(=O)(O)OC[C@H]1O[C@@H](n2cnc3c(N)ncnc32)[C@H](O)[C@@H]1OP(=O)(O)O)[C@@H](O)C(=O)NCCC(=O)NCCSC(=O)CCCCCCCCCCCCCCCCCCCO. The topological polar surface area (TPSA) is 384 Å². The number of carbonyl (C=O) groups is 3. The molecule has 0 spiro atoms. The van der Waals surface area contributed by atoms with Gasteiger partial charge in [0.05, 0.1) is 19.5 Å². The van der Waals surface area contributed by atoms with Crippen LogP contribution in [0.2, 0.25) is 0 Å². The molecule has 29 heteroatoms. The highest BCUT2D eigenvalue weighted by Crippen LogP contribution is 2.61. The van der Waals surface area contributed by atoms with E-state index < -0.39 is 84.6 Å². The van der Waals surface area contributed by atoms with Gasteiger partial charge in [-0.25, -0.2) is 28.6 Å². The number of phosphoric ester groups is 3. The fraction of sp³-hybridized carbons (Fsp3) is 0.805. The van der Waals surface area contributed by atoms with Gasteiger partial charge < -0.3 is 56.0 Å². The van der Waals surface area contributed by atoms with Gasteiger partial charge in [-0.2, -0.15) is 4.31 Å². The minimum absolute atomic E-state index is 0.0322. The number of unbranched alkanes of at least 4 members (excludes halogenated alkanes) is 16. The summed E-state index contributed by atoms with van der Waals surface area (Å²) in [6, 6.07) is 0. The van der Waals surface area contributed by atoms with E-state index in [0.29, 0.717) is 18.8 Å². The smallest absolute Gasteiger partial charge is 0.396 e. The number of nitrogens with one attached hydrogen (secondary N) is 2. The van der Waals surface area contributed by atoms with Gasteiger partial charge in [0.15, 0.2) is 22.8 Å². The maximum atomic E-state index is 12.8. The van der Waals surface area contributed by atoms with Crippen LogP contribution in [0.3, 0.4) is 0 Å². The van der Waals surface area contributed by atoms with Gasteiger partial charge in [-0.15, -0.1) is 0 Å². The number of nitrogens with two attached hydrogens (primary N) is 1. The summed E-state index contributed by atoms with van der Waals surface area (Å²) in [6.45, 7) is 0.866. The summed E-state index contributed by atoms with van der Waals surface area (Å²) in [4.78, 5) is 88.5. The molecule has 2 aromatic rings. The molecule has 7 atom stereocenters. The Labute approximate surface area is 412 Å². The fourth-order valence-electron chi connectivity index (χ4n) is 7.40. The Kier molecular flexibility index (Phi) is 27.6. The molecule has 0 radical (unpaired) electrons. The van der Waals surface area contributed by atoms with Crippen LogP contribution < -0.4 is 16.4 Å². The number of hydrogen-bond acceptors (Lipinski definition) is 19. The number of anilines is 1. The number of aliphatic hydroxyl groups excluding tert-OH is 3. The van der Waals surface area contributed by atoms with E-state index in [1.165, 1.54) is 90.9 Å². The number of hydrogen-bond donors (Lipinski definition) is 10. The van der Waals surface area contributed by atoms with Gasteiger partial charge in [0.2, 0.25) is 11.8 Å². The van der Waals surface area contributed by atoms with Crippen LogP contribution in [0.25, 0.3) is 11.2 Å². The quantitative estimate of drug-likeness (QED) is 0.0322. The predicted octanol–water partition coefficient (Wildman–Crippen LogP) is 4.68. The molecule has 0 bridgehead atoms. The van der Waals surface area contributed by atoms with Crippen molar-refractivity contribution < 1.29 is 85.6 Å². The van der Waals surface area contributed by atoms with E-state index in [1.807, 2.05) is 0 Å². The fourth-order valence-corrected chi connectivity index (χ4v) is 10.9. The molecule has 1 aliphatic rings. The Morgan fingerprint density at radius 2 is 1.37 bits per heavy atom. The number of rotatable bonds is 38. The number of fused-ring (bicyclic) bond motifs is 1. The Morgan fingerprint density at radius 1 is 0.814 bits per heavy atom. The Hall–Kier alpha value is -2.48.